The molecule has 5 nitrogen and oxygen atoms in total. The normalized spacial score (nSPS) is 12.9. The van der Waals surface area contributed by atoms with E-state index < -0.39 is 0 Å². The van der Waals surface area contributed by atoms with Crippen molar-refractivity contribution in [2.75, 3.05) is 12.4 Å². The zero-order valence-corrected chi connectivity index (χ0v) is 24.1. The molecule has 1 aliphatic heterocycles. The molecule has 3 heterocycles. The molecule has 0 saturated carbocycles. The van der Waals surface area contributed by atoms with Crippen molar-refractivity contribution >= 4 is 44.5 Å². The lowest BCUT2D eigenvalue weighted by Gasteiger charge is -2.14. The van der Waals surface area contributed by atoms with E-state index in [0.29, 0.717) is 4.99 Å². The first-order chi connectivity index (χ1) is 18.4. The van der Waals surface area contributed by atoms with E-state index in [0.717, 1.165) is 81.1 Å². The fraction of sp³-hybridized carbons (Fsp3) is 0.226. The van der Waals surface area contributed by atoms with Gasteiger partial charge in [0.25, 0.3) is 0 Å². The van der Waals surface area contributed by atoms with Crippen LogP contribution in [0, 0.1) is 13.8 Å². The van der Waals surface area contributed by atoms with E-state index in [1.165, 1.54) is 11.1 Å². The number of aryl methyl sites for hydroxylation is 4. The molecule has 6 rings (SSSR count). The summed E-state index contributed by atoms with van der Waals surface area (Å²) in [4.78, 5) is 0.664. The van der Waals surface area contributed by atoms with Gasteiger partial charge in [-0.1, -0.05) is 70.1 Å². The highest BCUT2D eigenvalue weighted by molar-refractivity contribution is 9.10. The van der Waals surface area contributed by atoms with Crippen LogP contribution >= 0.6 is 28.1 Å². The Morgan fingerprint density at radius 2 is 1.71 bits per heavy atom. The lowest BCUT2D eigenvalue weighted by atomic mass is 9.97. The van der Waals surface area contributed by atoms with E-state index in [9.17, 15) is 0 Å². The minimum atomic E-state index is 0.664. The number of rotatable bonds is 5. The second-order valence-corrected chi connectivity index (χ2v) is 11.2. The van der Waals surface area contributed by atoms with Gasteiger partial charge in [-0.05, 0) is 74.6 Å². The molecule has 2 aromatic heterocycles. The molecule has 0 amide bonds. The maximum Gasteiger partial charge on any atom is 0.162 e. The van der Waals surface area contributed by atoms with E-state index >= 15 is 0 Å². The minimum Gasteiger partial charge on any atom is -0.497 e. The van der Waals surface area contributed by atoms with Gasteiger partial charge >= 0.3 is 0 Å². The van der Waals surface area contributed by atoms with Crippen molar-refractivity contribution in [3.63, 3.8) is 0 Å². The number of nitrogens with zero attached hydrogens (tertiary/aromatic N) is 3. The van der Waals surface area contributed by atoms with Gasteiger partial charge in [0.2, 0.25) is 0 Å². The van der Waals surface area contributed by atoms with Crippen LogP contribution in [0.5, 0.6) is 5.75 Å². The highest BCUT2D eigenvalue weighted by atomic mass is 79.9. The fourth-order valence-corrected chi connectivity index (χ4v) is 6.03. The average molecular weight is 586 g/mol. The van der Waals surface area contributed by atoms with Gasteiger partial charge in [0.15, 0.2) is 5.82 Å². The second kappa shape index (κ2) is 10.0. The summed E-state index contributed by atoms with van der Waals surface area (Å²) in [6, 6.07) is 23.0. The third-order valence-electron chi connectivity index (χ3n) is 7.31. The number of ether oxygens (including phenoxy) is 1. The molecule has 7 heteroatoms. The Labute approximate surface area is 236 Å². The van der Waals surface area contributed by atoms with Crippen LogP contribution in [0.2, 0.25) is 0 Å². The molecule has 0 fully saturated rings. The molecule has 5 aromatic rings. The Morgan fingerprint density at radius 3 is 2.42 bits per heavy atom. The molecule has 0 bridgehead atoms. The largest absolute Gasteiger partial charge is 0.497 e. The highest BCUT2D eigenvalue weighted by Crippen LogP contribution is 2.39. The molecular formula is C31H29BrN4OS. The Bertz CT molecular complexity index is 1670. The van der Waals surface area contributed by atoms with E-state index in [1.807, 2.05) is 12.1 Å². The molecule has 192 valence electrons. The third kappa shape index (κ3) is 4.33. The van der Waals surface area contributed by atoms with Crippen LogP contribution < -0.4 is 10.1 Å². The molecule has 1 aliphatic rings. The third-order valence-corrected chi connectivity index (χ3v) is 8.14. The van der Waals surface area contributed by atoms with Crippen LogP contribution in [0.15, 0.2) is 71.2 Å². The monoisotopic (exact) mass is 584 g/mol. The van der Waals surface area contributed by atoms with Crippen molar-refractivity contribution in [2.45, 2.75) is 39.7 Å². The van der Waals surface area contributed by atoms with Gasteiger partial charge in [0.05, 0.1) is 7.11 Å². The van der Waals surface area contributed by atoms with Crippen molar-refractivity contribution in [1.29, 1.82) is 0 Å². The Balaban J connectivity index is 1.59. The zero-order chi connectivity index (χ0) is 26.4. The number of methoxy groups -OCH3 is 1. The Kier molecular flexibility index (Phi) is 6.58. The van der Waals surface area contributed by atoms with Crippen LogP contribution in [0.1, 0.15) is 35.2 Å². The summed E-state index contributed by atoms with van der Waals surface area (Å²) < 4.78 is 11.0. The molecule has 0 unspecified atom stereocenters. The fourth-order valence-electron chi connectivity index (χ4n) is 5.46. The quantitative estimate of drug-likeness (QED) is 0.213. The molecule has 0 atom stereocenters. The summed E-state index contributed by atoms with van der Waals surface area (Å²) in [6.07, 6.45) is 3.19. The van der Waals surface area contributed by atoms with Crippen LogP contribution in [-0.4, -0.2) is 26.3 Å². The molecule has 0 radical (unpaired) electrons. The first-order valence-electron chi connectivity index (χ1n) is 12.9. The summed E-state index contributed by atoms with van der Waals surface area (Å²) in [6.45, 7) is 5.14. The number of benzene rings is 3. The average Bonchev–Trinajstić information content (AvgIpc) is 3.33. The topological polar surface area (TPSA) is 43.5 Å². The Morgan fingerprint density at radius 1 is 0.974 bits per heavy atom. The number of hydrogen-bond acceptors (Lipinski definition) is 3. The van der Waals surface area contributed by atoms with E-state index in [-0.39, 0.29) is 0 Å². The maximum atomic E-state index is 6.15. The molecule has 0 saturated heterocycles. The summed E-state index contributed by atoms with van der Waals surface area (Å²) in [5, 5.41) is 8.78. The number of anilines is 1. The summed E-state index contributed by atoms with van der Waals surface area (Å²) in [7, 11) is 1.69. The van der Waals surface area contributed by atoms with Gasteiger partial charge in [0.1, 0.15) is 22.1 Å². The predicted octanol–water partition coefficient (Wildman–Crippen LogP) is 7.98. The van der Waals surface area contributed by atoms with Gasteiger partial charge < -0.3 is 14.6 Å². The van der Waals surface area contributed by atoms with Gasteiger partial charge in [-0.25, -0.2) is 4.52 Å². The van der Waals surface area contributed by atoms with Crippen molar-refractivity contribution in [2.24, 2.45) is 0 Å². The molecule has 1 N–H and O–H groups in total. The number of aromatic nitrogens is 3. The Hall–Kier alpha value is -3.42. The molecule has 0 aliphatic carbocycles. The smallest absolute Gasteiger partial charge is 0.162 e. The van der Waals surface area contributed by atoms with Gasteiger partial charge in [-0.3, -0.25) is 0 Å². The first-order valence-corrected chi connectivity index (χ1v) is 14.1. The van der Waals surface area contributed by atoms with Crippen LogP contribution in [0.3, 0.4) is 0 Å². The summed E-state index contributed by atoms with van der Waals surface area (Å²) in [5.41, 5.74) is 10.1. The van der Waals surface area contributed by atoms with E-state index in [4.69, 9.17) is 22.1 Å². The van der Waals surface area contributed by atoms with Crippen LogP contribution in [0.4, 0.5) is 5.69 Å². The zero-order valence-electron chi connectivity index (χ0n) is 21.7. The highest BCUT2D eigenvalue weighted by Gasteiger charge is 2.29. The molecule has 3 aromatic carbocycles. The van der Waals surface area contributed by atoms with Crippen molar-refractivity contribution in [3.8, 4) is 28.3 Å². The van der Waals surface area contributed by atoms with Gasteiger partial charge in [-0.2, -0.15) is 0 Å². The summed E-state index contributed by atoms with van der Waals surface area (Å²) >= 11 is 9.72. The van der Waals surface area contributed by atoms with E-state index in [1.54, 1.807) is 7.11 Å². The predicted molar refractivity (Wildman–Crippen MR) is 162 cm³/mol. The lowest BCUT2D eigenvalue weighted by Crippen LogP contribution is -2.15. The second-order valence-electron chi connectivity index (χ2n) is 9.88. The SMILES string of the molecule is COc1ccc(-c2c3c4n(c(-c5ccc(Br)cc5)nn4c2C(=S)Nc2ccc(C)cc2C)CCCC3)cc1. The number of hydrogen-bond donors (Lipinski definition) is 1. The standard InChI is InChI=1S/C31H29BrN4OS/c1-19-7-16-26(20(2)18-19)33-30(38)28-27(21-10-14-24(37-3)15-11-21)25-6-4-5-17-35-29(34-36(28)31(25)35)22-8-12-23(32)13-9-22/h7-16,18H,4-6,17H2,1-3H3,(H,33,38). The van der Waals surface area contributed by atoms with Gasteiger partial charge in [0, 0.05) is 33.4 Å². The lowest BCUT2D eigenvalue weighted by molar-refractivity contribution is 0.415. The van der Waals surface area contributed by atoms with Crippen LogP contribution in [-0.2, 0) is 13.0 Å². The van der Waals surface area contributed by atoms with E-state index in [2.05, 4.69) is 98.8 Å². The molecule has 38 heavy (non-hydrogen) atoms. The number of thiocarbonyl (C=S) groups is 1. The minimum absolute atomic E-state index is 0.664. The van der Waals surface area contributed by atoms with Crippen LogP contribution in [0.25, 0.3) is 28.2 Å². The maximum absolute atomic E-state index is 6.15. The molecule has 0 spiro atoms. The first kappa shape index (κ1) is 24.9. The number of halogens is 1. The summed E-state index contributed by atoms with van der Waals surface area (Å²) in [5.74, 6) is 1.80. The van der Waals surface area contributed by atoms with Crippen molar-refractivity contribution in [3.05, 3.63) is 93.6 Å². The van der Waals surface area contributed by atoms with Crippen molar-refractivity contribution in [1.82, 2.24) is 14.2 Å². The number of nitrogens with one attached hydrogen (secondary N) is 1. The van der Waals surface area contributed by atoms with Crippen molar-refractivity contribution < 1.29 is 4.74 Å². The molecular weight excluding hydrogens is 556 g/mol. The van der Waals surface area contributed by atoms with Gasteiger partial charge in [-0.15, -0.1) is 5.10 Å².